The lowest BCUT2D eigenvalue weighted by molar-refractivity contribution is -0.103. The van der Waals surface area contributed by atoms with E-state index >= 15 is 0 Å². The van der Waals surface area contributed by atoms with Gasteiger partial charge >= 0.3 is 11.4 Å². The molecular weight excluding hydrogens is 709 g/mol. The Morgan fingerprint density at radius 3 is 1.85 bits per heavy atom. The Morgan fingerprint density at radius 2 is 1.34 bits per heavy atom. The predicted molar refractivity (Wildman–Crippen MR) is 196 cm³/mol. The SMILES string of the molecule is Cc1ccc(S(=O)(=O)OC[C@@H](F)Cn2nc(C)n(C)c2=O)cc1.Cc1ccccc1COC1(C)CC2CCC(C1)N2C[C@@H](F)Cn1nc(C)n(C)c1=O. The summed E-state index contributed by atoms with van der Waals surface area (Å²) >= 11 is 0. The molecule has 0 spiro atoms. The van der Waals surface area contributed by atoms with E-state index in [2.05, 4.69) is 47.1 Å². The minimum absolute atomic E-state index is 0.0114. The van der Waals surface area contributed by atoms with Gasteiger partial charge in [-0.3, -0.25) is 18.2 Å². The van der Waals surface area contributed by atoms with Crippen LogP contribution in [-0.2, 0) is 52.8 Å². The Bertz CT molecular complexity index is 2080. The summed E-state index contributed by atoms with van der Waals surface area (Å²) in [5, 5.41) is 8.05. The van der Waals surface area contributed by atoms with Crippen molar-refractivity contribution in [2.45, 2.75) is 115 Å². The zero-order valence-electron chi connectivity index (χ0n) is 31.5. The number of benzene rings is 2. The van der Waals surface area contributed by atoms with E-state index in [9.17, 15) is 26.8 Å². The van der Waals surface area contributed by atoms with Crippen LogP contribution in [0.25, 0.3) is 0 Å². The molecule has 4 aromatic rings. The van der Waals surface area contributed by atoms with Crippen molar-refractivity contribution in [3.63, 3.8) is 0 Å². The number of aryl methyl sites for hydroxylation is 4. The first-order chi connectivity index (χ1) is 25.0. The maximum atomic E-state index is 14.9. The molecule has 4 heterocycles. The summed E-state index contributed by atoms with van der Waals surface area (Å²) in [5.74, 6) is 1.04. The van der Waals surface area contributed by atoms with Crippen molar-refractivity contribution in [1.29, 1.82) is 0 Å². The molecule has 2 fully saturated rings. The Balaban J connectivity index is 0.000000212. The fourth-order valence-corrected chi connectivity index (χ4v) is 7.99. The number of hydrogen-bond donors (Lipinski definition) is 0. The summed E-state index contributed by atoms with van der Waals surface area (Å²) in [7, 11) is -0.846. The van der Waals surface area contributed by atoms with Gasteiger partial charge in [0.15, 0.2) is 0 Å². The first kappa shape index (κ1) is 40.2. The minimum atomic E-state index is -4.03. The Kier molecular flexibility index (Phi) is 12.6. The highest BCUT2D eigenvalue weighted by molar-refractivity contribution is 7.86. The molecule has 2 aliphatic heterocycles. The molecule has 2 aromatic carbocycles. The van der Waals surface area contributed by atoms with E-state index < -0.39 is 34.8 Å². The summed E-state index contributed by atoms with van der Waals surface area (Å²) in [4.78, 5) is 26.1. The van der Waals surface area contributed by atoms with Crippen LogP contribution in [0.3, 0.4) is 0 Å². The number of alkyl halides is 2. The van der Waals surface area contributed by atoms with Gasteiger partial charge in [-0.1, -0.05) is 42.0 Å². The molecule has 53 heavy (non-hydrogen) atoms. The second-order valence-electron chi connectivity index (χ2n) is 14.5. The van der Waals surface area contributed by atoms with Crippen molar-refractivity contribution in [2.75, 3.05) is 13.2 Å². The molecule has 0 saturated carbocycles. The molecule has 290 valence electrons. The normalized spacial score (nSPS) is 21.3. The van der Waals surface area contributed by atoms with Gasteiger partial charge in [-0.15, -0.1) is 0 Å². The molecule has 2 bridgehead atoms. The highest BCUT2D eigenvalue weighted by Crippen LogP contribution is 2.43. The van der Waals surface area contributed by atoms with Gasteiger partial charge in [0.05, 0.1) is 36.8 Å². The van der Waals surface area contributed by atoms with Gasteiger partial charge in [0.1, 0.15) is 24.0 Å². The zero-order valence-corrected chi connectivity index (χ0v) is 32.4. The quantitative estimate of drug-likeness (QED) is 0.185. The smallest absolute Gasteiger partial charge is 0.345 e. The van der Waals surface area contributed by atoms with Crippen molar-refractivity contribution in [1.82, 2.24) is 33.6 Å². The van der Waals surface area contributed by atoms with E-state index in [1.165, 1.54) is 44.1 Å². The Morgan fingerprint density at radius 1 is 0.811 bits per heavy atom. The number of fused-ring (bicyclic) bond motifs is 2. The molecule has 2 saturated heterocycles. The molecule has 13 nitrogen and oxygen atoms in total. The molecule has 2 aliphatic rings. The van der Waals surface area contributed by atoms with Crippen LogP contribution in [0.4, 0.5) is 8.78 Å². The minimum Gasteiger partial charge on any atom is -0.370 e. The van der Waals surface area contributed by atoms with Gasteiger partial charge in [-0.2, -0.15) is 18.6 Å². The average Bonchev–Trinajstić information content (AvgIpc) is 3.60. The lowest BCUT2D eigenvalue weighted by Crippen LogP contribution is -2.52. The van der Waals surface area contributed by atoms with E-state index in [0.717, 1.165) is 35.9 Å². The summed E-state index contributed by atoms with van der Waals surface area (Å²) in [6.07, 6.45) is 1.22. The molecule has 0 N–H and O–H groups in total. The first-order valence-electron chi connectivity index (χ1n) is 17.9. The van der Waals surface area contributed by atoms with Crippen molar-refractivity contribution >= 4 is 10.1 Å². The van der Waals surface area contributed by atoms with Crippen molar-refractivity contribution in [3.8, 4) is 0 Å². The fourth-order valence-electron chi connectivity index (χ4n) is 7.05. The van der Waals surface area contributed by atoms with Crippen LogP contribution in [0.5, 0.6) is 0 Å². The van der Waals surface area contributed by atoms with Gasteiger partial charge in [-0.05, 0) is 83.6 Å². The molecule has 16 heteroatoms. The predicted octanol–water partition coefficient (Wildman–Crippen LogP) is 4.08. The van der Waals surface area contributed by atoms with Crippen LogP contribution in [0.2, 0.25) is 0 Å². The monoisotopic (exact) mass is 759 g/mol. The van der Waals surface area contributed by atoms with Crippen LogP contribution in [-0.4, -0.2) is 85.2 Å². The molecule has 0 aliphatic carbocycles. The standard InChI is InChI=1S/C23H33FN4O2.C14H18FN3O4S/c1-16-7-5-6-8-18(16)15-30-23(3)11-20-9-10-21(12-23)27(20)13-19(24)14-28-22(29)26(4)17(2)25-28;1-10-4-6-13(7-5-10)23(20,21)22-9-12(15)8-18-14(19)17(3)11(2)16-18/h5-8,19-21H,9-15H2,1-4H3;4-7,12H,8-9H2,1-3H3/t19-,20?,21?,23?;12-/m10/s1. The second kappa shape index (κ2) is 16.6. The topological polar surface area (TPSA) is 135 Å². The van der Waals surface area contributed by atoms with Crippen LogP contribution < -0.4 is 11.4 Å². The Labute approximate surface area is 309 Å². The lowest BCUT2D eigenvalue weighted by Gasteiger charge is -2.45. The molecule has 6 rings (SSSR count). The maximum absolute atomic E-state index is 14.9. The summed E-state index contributed by atoms with van der Waals surface area (Å²) in [6.45, 7) is 9.44. The van der Waals surface area contributed by atoms with Gasteiger partial charge < -0.3 is 4.74 Å². The third-order valence-electron chi connectivity index (χ3n) is 10.3. The first-order valence-corrected chi connectivity index (χ1v) is 19.3. The average molecular weight is 760 g/mol. The van der Waals surface area contributed by atoms with Crippen LogP contribution in [0, 0.1) is 27.7 Å². The van der Waals surface area contributed by atoms with Crippen LogP contribution in [0.15, 0.2) is 63.0 Å². The van der Waals surface area contributed by atoms with E-state index in [4.69, 9.17) is 8.92 Å². The van der Waals surface area contributed by atoms with Crippen LogP contribution >= 0.6 is 0 Å². The number of nitrogens with zero attached hydrogens (tertiary/aromatic N) is 7. The van der Waals surface area contributed by atoms with Crippen molar-refractivity contribution in [2.24, 2.45) is 14.1 Å². The number of hydrogen-bond acceptors (Lipinski definition) is 9. The largest absolute Gasteiger partial charge is 0.370 e. The molecule has 0 amide bonds. The number of ether oxygens (including phenoxy) is 1. The summed E-state index contributed by atoms with van der Waals surface area (Å²) in [5.41, 5.74) is 2.48. The molecule has 2 aromatic heterocycles. The molecule has 0 radical (unpaired) electrons. The molecular formula is C37H51F2N7O6S. The third kappa shape index (κ3) is 9.77. The van der Waals surface area contributed by atoms with E-state index in [1.807, 2.05) is 13.0 Å². The third-order valence-corrected chi connectivity index (χ3v) is 11.6. The maximum Gasteiger partial charge on any atom is 0.345 e. The van der Waals surface area contributed by atoms with Gasteiger partial charge in [0.2, 0.25) is 0 Å². The van der Waals surface area contributed by atoms with Gasteiger partial charge in [0.25, 0.3) is 10.1 Å². The fraction of sp³-hybridized carbons (Fsp3) is 0.568. The number of piperidine rings is 1. The number of halogens is 2. The Hall–Kier alpha value is -3.99. The second-order valence-corrected chi connectivity index (χ2v) is 16.2. The number of aromatic nitrogens is 6. The summed E-state index contributed by atoms with van der Waals surface area (Å²) < 4.78 is 68.8. The van der Waals surface area contributed by atoms with E-state index in [0.29, 0.717) is 36.9 Å². The van der Waals surface area contributed by atoms with Gasteiger partial charge in [-0.25, -0.2) is 27.7 Å². The van der Waals surface area contributed by atoms with E-state index in [1.54, 1.807) is 33.0 Å². The highest BCUT2D eigenvalue weighted by atomic mass is 32.2. The number of rotatable bonds is 13. The van der Waals surface area contributed by atoms with Crippen LogP contribution in [0.1, 0.15) is 60.9 Å². The molecule has 2 unspecified atom stereocenters. The highest BCUT2D eigenvalue weighted by Gasteiger charge is 2.47. The van der Waals surface area contributed by atoms with E-state index in [-0.39, 0.29) is 29.3 Å². The lowest BCUT2D eigenvalue weighted by atomic mass is 9.87. The zero-order chi connectivity index (χ0) is 38.7. The van der Waals surface area contributed by atoms with Gasteiger partial charge in [0, 0.05) is 32.7 Å². The summed E-state index contributed by atoms with van der Waals surface area (Å²) in [6, 6.07) is 15.1. The van der Waals surface area contributed by atoms with Crippen molar-refractivity contribution in [3.05, 3.63) is 97.8 Å². The van der Waals surface area contributed by atoms with Crippen molar-refractivity contribution < 1.29 is 26.1 Å². The molecule has 4 atom stereocenters.